The van der Waals surface area contributed by atoms with Crippen molar-refractivity contribution >= 4 is 44.9 Å². The Balaban J connectivity index is 2.14. The molecule has 0 spiro atoms. The van der Waals surface area contributed by atoms with Crippen molar-refractivity contribution in [2.24, 2.45) is 0 Å². The molecule has 21 heavy (non-hydrogen) atoms. The molecule has 0 amide bonds. The number of nitrogens with two attached hydrogens (primary N) is 1. The zero-order valence-corrected chi connectivity index (χ0v) is 14.7. The van der Waals surface area contributed by atoms with Crippen molar-refractivity contribution in [2.75, 3.05) is 48.9 Å². The maximum Gasteiger partial charge on any atom is 0.244 e. The number of benzene rings is 1. The predicted octanol–water partition coefficient (Wildman–Crippen LogP) is 1.78. The maximum atomic E-state index is 12.2. The average molecular weight is 348 g/mol. The van der Waals surface area contributed by atoms with Crippen molar-refractivity contribution in [3.63, 3.8) is 0 Å². The fourth-order valence-electron chi connectivity index (χ4n) is 2.00. The number of sulfonamides is 1. The van der Waals surface area contributed by atoms with Crippen LogP contribution < -0.4 is 11.1 Å². The minimum atomic E-state index is -3.51. The number of nitrogens with zero attached hydrogens (tertiary/aromatic N) is 1. The summed E-state index contributed by atoms with van der Waals surface area (Å²) >= 11 is 3.91. The van der Waals surface area contributed by atoms with Crippen LogP contribution in [-0.2, 0) is 10.0 Å². The topological polar surface area (TPSA) is 75.4 Å². The van der Waals surface area contributed by atoms with Crippen LogP contribution in [-0.4, -0.2) is 55.9 Å². The van der Waals surface area contributed by atoms with Crippen LogP contribution >= 0.6 is 23.5 Å². The molecule has 0 aliphatic carbocycles. The molecule has 1 aliphatic rings. The normalized spacial score (nSPS) is 19.7. The van der Waals surface area contributed by atoms with E-state index in [1.165, 1.54) is 29.9 Å². The molecule has 1 atom stereocenters. The molecule has 5 nitrogen and oxygen atoms in total. The summed E-state index contributed by atoms with van der Waals surface area (Å²) in [6.07, 6.45) is 0. The van der Waals surface area contributed by atoms with Crippen LogP contribution in [0.4, 0.5) is 11.4 Å². The third kappa shape index (κ3) is 4.00. The van der Waals surface area contributed by atoms with Gasteiger partial charge in [0.15, 0.2) is 0 Å². The lowest BCUT2D eigenvalue weighted by atomic mass is 10.2. The van der Waals surface area contributed by atoms with Crippen molar-refractivity contribution in [1.29, 1.82) is 0 Å². The van der Waals surface area contributed by atoms with E-state index in [0.29, 0.717) is 16.6 Å². The SMILES string of the molecule is CN(C)S(=O)(=O)c1cccc(NCC2CSCCS2)c1N. The van der Waals surface area contributed by atoms with Crippen LogP contribution in [0.15, 0.2) is 23.1 Å². The Bertz CT molecular complexity index is 584. The highest BCUT2D eigenvalue weighted by Crippen LogP contribution is 2.29. The van der Waals surface area contributed by atoms with E-state index in [1.807, 2.05) is 29.6 Å². The van der Waals surface area contributed by atoms with E-state index in [2.05, 4.69) is 5.32 Å². The Morgan fingerprint density at radius 1 is 1.38 bits per heavy atom. The molecule has 0 radical (unpaired) electrons. The van der Waals surface area contributed by atoms with Gasteiger partial charge < -0.3 is 11.1 Å². The third-order valence-electron chi connectivity index (χ3n) is 3.23. The van der Waals surface area contributed by atoms with Crippen molar-refractivity contribution in [1.82, 2.24) is 4.31 Å². The van der Waals surface area contributed by atoms with Crippen molar-refractivity contribution in [3.8, 4) is 0 Å². The Hall–Kier alpha value is -0.570. The average Bonchev–Trinajstić information content (AvgIpc) is 2.47. The Morgan fingerprint density at radius 2 is 2.14 bits per heavy atom. The van der Waals surface area contributed by atoms with Crippen LogP contribution in [0.2, 0.25) is 0 Å². The fraction of sp³-hybridized carbons (Fsp3) is 0.538. The number of hydrogen-bond donors (Lipinski definition) is 2. The highest BCUT2D eigenvalue weighted by atomic mass is 32.2. The predicted molar refractivity (Wildman–Crippen MR) is 93.8 cm³/mol. The lowest BCUT2D eigenvalue weighted by Gasteiger charge is -2.22. The van der Waals surface area contributed by atoms with E-state index >= 15 is 0 Å². The van der Waals surface area contributed by atoms with Crippen molar-refractivity contribution in [3.05, 3.63) is 18.2 Å². The van der Waals surface area contributed by atoms with Gasteiger partial charge in [0, 0.05) is 43.1 Å². The van der Waals surface area contributed by atoms with Crippen LogP contribution in [0.25, 0.3) is 0 Å². The maximum absolute atomic E-state index is 12.2. The Kier molecular flexibility index (Phi) is 5.70. The lowest BCUT2D eigenvalue weighted by Crippen LogP contribution is -2.25. The zero-order valence-electron chi connectivity index (χ0n) is 12.2. The standard InChI is InChI=1S/C13H21N3O2S3/c1-16(2)21(17,18)12-5-3-4-11(13(12)14)15-8-10-9-19-6-7-20-10/h3-5,10,15H,6-9,14H2,1-2H3. The molecule has 118 valence electrons. The first kappa shape index (κ1) is 16.8. The molecule has 1 heterocycles. The summed E-state index contributed by atoms with van der Waals surface area (Å²) in [7, 11) is -0.505. The molecular formula is C13H21N3O2S3. The first-order valence-electron chi connectivity index (χ1n) is 6.67. The highest BCUT2D eigenvalue weighted by Gasteiger charge is 2.22. The van der Waals surface area contributed by atoms with Gasteiger partial charge in [0.2, 0.25) is 10.0 Å². The van der Waals surface area contributed by atoms with E-state index < -0.39 is 10.0 Å². The van der Waals surface area contributed by atoms with Gasteiger partial charge in [0.05, 0.1) is 11.4 Å². The summed E-state index contributed by atoms with van der Waals surface area (Å²) in [5.74, 6) is 3.49. The molecular weight excluding hydrogens is 326 g/mol. The molecule has 1 fully saturated rings. The number of nitrogens with one attached hydrogen (secondary N) is 1. The molecule has 1 aromatic carbocycles. The van der Waals surface area contributed by atoms with Crippen LogP contribution in [0.1, 0.15) is 0 Å². The number of para-hydroxylation sites is 1. The van der Waals surface area contributed by atoms with Gasteiger partial charge in [0.1, 0.15) is 4.90 Å². The molecule has 0 bridgehead atoms. The zero-order chi connectivity index (χ0) is 15.5. The second kappa shape index (κ2) is 7.13. The monoisotopic (exact) mass is 347 g/mol. The van der Waals surface area contributed by atoms with Gasteiger partial charge in [-0.2, -0.15) is 23.5 Å². The molecule has 0 saturated carbocycles. The molecule has 1 saturated heterocycles. The molecule has 1 aromatic rings. The summed E-state index contributed by atoms with van der Waals surface area (Å²) in [5.41, 5.74) is 7.02. The smallest absolute Gasteiger partial charge is 0.244 e. The molecule has 8 heteroatoms. The molecule has 3 N–H and O–H groups in total. The van der Waals surface area contributed by atoms with Gasteiger partial charge in [-0.3, -0.25) is 0 Å². The van der Waals surface area contributed by atoms with Crippen molar-refractivity contribution in [2.45, 2.75) is 10.1 Å². The summed E-state index contributed by atoms with van der Waals surface area (Å²) in [5, 5.41) is 3.83. The van der Waals surface area contributed by atoms with Gasteiger partial charge in [-0.05, 0) is 12.1 Å². The fourth-order valence-corrected chi connectivity index (χ4v) is 5.64. The number of anilines is 2. The minimum absolute atomic E-state index is 0.156. The second-order valence-electron chi connectivity index (χ2n) is 4.95. The quantitative estimate of drug-likeness (QED) is 0.791. The summed E-state index contributed by atoms with van der Waals surface area (Å²) in [6.45, 7) is 0.799. The van der Waals surface area contributed by atoms with Crippen LogP contribution in [0.5, 0.6) is 0 Å². The van der Waals surface area contributed by atoms with Crippen LogP contribution in [0.3, 0.4) is 0 Å². The van der Waals surface area contributed by atoms with Gasteiger partial charge >= 0.3 is 0 Å². The van der Waals surface area contributed by atoms with Gasteiger partial charge in [-0.1, -0.05) is 6.07 Å². The van der Waals surface area contributed by atoms with E-state index in [9.17, 15) is 8.42 Å². The third-order valence-corrected chi connectivity index (χ3v) is 7.95. The summed E-state index contributed by atoms with van der Waals surface area (Å²) in [6, 6.07) is 5.09. The number of rotatable bonds is 5. The highest BCUT2D eigenvalue weighted by molar-refractivity contribution is 8.06. The summed E-state index contributed by atoms with van der Waals surface area (Å²) in [4.78, 5) is 0.156. The van der Waals surface area contributed by atoms with Gasteiger partial charge in [-0.25, -0.2) is 12.7 Å². The number of hydrogen-bond acceptors (Lipinski definition) is 6. The molecule has 0 aromatic heterocycles. The Morgan fingerprint density at radius 3 is 2.76 bits per heavy atom. The van der Waals surface area contributed by atoms with Gasteiger partial charge in [0.25, 0.3) is 0 Å². The Labute approximate surface area is 135 Å². The first-order valence-corrected chi connectivity index (χ1v) is 10.3. The van der Waals surface area contributed by atoms with E-state index in [-0.39, 0.29) is 4.90 Å². The minimum Gasteiger partial charge on any atom is -0.396 e. The second-order valence-corrected chi connectivity index (χ2v) is 9.63. The van der Waals surface area contributed by atoms with Crippen molar-refractivity contribution < 1.29 is 8.42 Å². The van der Waals surface area contributed by atoms with E-state index in [4.69, 9.17) is 5.73 Å². The summed E-state index contributed by atoms with van der Waals surface area (Å²) < 4.78 is 25.6. The lowest BCUT2D eigenvalue weighted by molar-refractivity contribution is 0.521. The van der Waals surface area contributed by atoms with Gasteiger partial charge in [-0.15, -0.1) is 0 Å². The molecule has 2 rings (SSSR count). The number of thioether (sulfide) groups is 2. The van der Waals surface area contributed by atoms with E-state index in [0.717, 1.165) is 12.3 Å². The van der Waals surface area contributed by atoms with E-state index in [1.54, 1.807) is 12.1 Å². The molecule has 1 aliphatic heterocycles. The van der Waals surface area contributed by atoms with Crippen LogP contribution in [0, 0.1) is 0 Å². The largest absolute Gasteiger partial charge is 0.396 e. The first-order chi connectivity index (χ1) is 9.93. The molecule has 1 unspecified atom stereocenters. The number of nitrogen functional groups attached to an aromatic ring is 1.